The molecule has 7 heteroatoms. The van der Waals surface area contributed by atoms with E-state index in [2.05, 4.69) is 0 Å². The summed E-state index contributed by atoms with van der Waals surface area (Å²) in [5.74, 6) is -4.52. The molecule has 0 radical (unpaired) electrons. The zero-order chi connectivity index (χ0) is 24.1. The largest absolute Gasteiger partial charge is 0.481 e. The Kier molecular flexibility index (Phi) is 6.92. The van der Waals surface area contributed by atoms with Gasteiger partial charge in [0.25, 0.3) is 0 Å². The quantitative estimate of drug-likeness (QED) is 0.491. The lowest BCUT2D eigenvalue weighted by Crippen LogP contribution is -2.53. The van der Waals surface area contributed by atoms with Crippen molar-refractivity contribution in [3.63, 3.8) is 0 Å². The normalized spacial score (nSPS) is 19.0. The van der Waals surface area contributed by atoms with Crippen LogP contribution in [-0.2, 0) is 27.5 Å². The number of nitrogens with zero attached hydrogens (tertiary/aromatic N) is 1. The maximum Gasteiger partial charge on any atom is 0.308 e. The summed E-state index contributed by atoms with van der Waals surface area (Å²) in [5, 5.41) is 18.8. The minimum absolute atomic E-state index is 0.0281. The van der Waals surface area contributed by atoms with E-state index in [1.165, 1.54) is 0 Å². The number of carboxylic acids is 2. The average Bonchev–Trinajstić information content (AvgIpc) is 2.80. The Balaban J connectivity index is 1.51. The third kappa shape index (κ3) is 5.26. The van der Waals surface area contributed by atoms with Gasteiger partial charge in [0.05, 0.1) is 17.8 Å². The lowest BCUT2D eigenvalue weighted by Gasteiger charge is -2.41. The molecule has 1 aliphatic carbocycles. The van der Waals surface area contributed by atoms with Crippen molar-refractivity contribution in [2.75, 3.05) is 0 Å². The highest BCUT2D eigenvalue weighted by Crippen LogP contribution is 2.42. The molecule has 0 aliphatic heterocycles. The summed E-state index contributed by atoms with van der Waals surface area (Å²) < 4.78 is 5.82. The van der Waals surface area contributed by atoms with Gasteiger partial charge in [-0.25, -0.2) is 0 Å². The Labute approximate surface area is 197 Å². The van der Waals surface area contributed by atoms with Crippen LogP contribution in [-0.4, -0.2) is 33.0 Å². The fourth-order valence-electron chi connectivity index (χ4n) is 4.26. The topological polar surface area (TPSA) is 104 Å². The molecule has 3 aromatic carbocycles. The van der Waals surface area contributed by atoms with Gasteiger partial charge in [0.15, 0.2) is 0 Å². The van der Waals surface area contributed by atoms with Crippen LogP contribution in [0.5, 0.6) is 11.5 Å². The average molecular weight is 459 g/mol. The number of hydrogen-bond acceptors (Lipinski definition) is 4. The lowest BCUT2D eigenvalue weighted by atomic mass is 9.64. The maximum absolute atomic E-state index is 13.4. The Morgan fingerprint density at radius 3 is 1.79 bits per heavy atom. The van der Waals surface area contributed by atoms with E-state index in [4.69, 9.17) is 4.74 Å². The molecule has 1 aliphatic rings. The van der Waals surface area contributed by atoms with Crippen molar-refractivity contribution in [2.45, 2.75) is 19.5 Å². The summed E-state index contributed by atoms with van der Waals surface area (Å²) >= 11 is 0. The van der Waals surface area contributed by atoms with Crippen molar-refractivity contribution >= 4 is 17.8 Å². The molecule has 3 aromatic rings. The zero-order valence-electron chi connectivity index (χ0n) is 18.4. The first-order valence-corrected chi connectivity index (χ1v) is 11.0. The molecule has 3 unspecified atom stereocenters. The van der Waals surface area contributed by atoms with Gasteiger partial charge in [-0.1, -0.05) is 60.7 Å². The molecule has 7 nitrogen and oxygen atoms in total. The molecule has 174 valence electrons. The minimum atomic E-state index is -1.25. The van der Waals surface area contributed by atoms with Crippen molar-refractivity contribution in [3.8, 4) is 11.5 Å². The van der Waals surface area contributed by atoms with E-state index in [1.54, 1.807) is 4.90 Å². The molecule has 34 heavy (non-hydrogen) atoms. The first kappa shape index (κ1) is 23.0. The number of amides is 1. The summed E-state index contributed by atoms with van der Waals surface area (Å²) in [6.45, 7) is 0.558. The summed E-state index contributed by atoms with van der Waals surface area (Å²) in [6.07, 6.45) is 0.0281. The molecule has 2 N–H and O–H groups in total. The van der Waals surface area contributed by atoms with Crippen molar-refractivity contribution in [3.05, 3.63) is 96.1 Å². The SMILES string of the molecule is O=C(O)C1CC(C(=O)N(Cc2ccccc2)Cc2ccc(Oc3ccccc3)cc2)C1C(=O)O. The molecule has 0 saturated heterocycles. The van der Waals surface area contributed by atoms with Crippen LogP contribution in [0.4, 0.5) is 0 Å². The van der Waals surface area contributed by atoms with Crippen LogP contribution < -0.4 is 4.74 Å². The van der Waals surface area contributed by atoms with E-state index in [0.717, 1.165) is 11.1 Å². The number of rotatable bonds is 9. The smallest absolute Gasteiger partial charge is 0.308 e. The fraction of sp³-hybridized carbons (Fsp3) is 0.222. The minimum Gasteiger partial charge on any atom is -0.481 e. The van der Waals surface area contributed by atoms with Crippen LogP contribution in [0.15, 0.2) is 84.9 Å². The van der Waals surface area contributed by atoms with Gasteiger partial charge in [-0.2, -0.15) is 0 Å². The molecule has 0 aromatic heterocycles. The number of aliphatic carboxylic acids is 2. The molecular formula is C27H25NO6. The Morgan fingerprint density at radius 1 is 0.706 bits per heavy atom. The highest BCUT2D eigenvalue weighted by atomic mass is 16.5. The molecule has 0 heterocycles. The third-order valence-corrected chi connectivity index (χ3v) is 6.10. The summed E-state index contributed by atoms with van der Waals surface area (Å²) in [6, 6.07) is 26.2. The van der Waals surface area contributed by atoms with Crippen LogP contribution in [0.3, 0.4) is 0 Å². The highest BCUT2D eigenvalue weighted by molar-refractivity contribution is 5.91. The van der Waals surface area contributed by atoms with E-state index in [0.29, 0.717) is 18.0 Å². The van der Waals surface area contributed by atoms with Crippen LogP contribution >= 0.6 is 0 Å². The number of carbonyl (C=O) groups excluding carboxylic acids is 1. The van der Waals surface area contributed by atoms with E-state index in [-0.39, 0.29) is 18.9 Å². The monoisotopic (exact) mass is 459 g/mol. The second-order valence-corrected chi connectivity index (χ2v) is 8.39. The van der Waals surface area contributed by atoms with Crippen LogP contribution in [0.2, 0.25) is 0 Å². The Bertz CT molecular complexity index is 1150. The van der Waals surface area contributed by atoms with Gasteiger partial charge in [-0.05, 0) is 41.8 Å². The molecular weight excluding hydrogens is 434 g/mol. The van der Waals surface area contributed by atoms with Crippen molar-refractivity contribution < 1.29 is 29.3 Å². The molecule has 1 fully saturated rings. The molecule has 3 atom stereocenters. The number of carboxylic acid groups (broad SMARTS) is 2. The number of para-hydroxylation sites is 1. The van der Waals surface area contributed by atoms with E-state index in [9.17, 15) is 24.6 Å². The van der Waals surface area contributed by atoms with Gasteiger partial charge in [0, 0.05) is 13.1 Å². The van der Waals surface area contributed by atoms with Crippen LogP contribution in [0.1, 0.15) is 17.5 Å². The van der Waals surface area contributed by atoms with E-state index < -0.39 is 29.7 Å². The first-order valence-electron chi connectivity index (χ1n) is 11.0. The van der Waals surface area contributed by atoms with Gasteiger partial charge in [-0.3, -0.25) is 14.4 Å². The molecule has 1 amide bonds. The van der Waals surface area contributed by atoms with Gasteiger partial charge in [-0.15, -0.1) is 0 Å². The van der Waals surface area contributed by atoms with Crippen molar-refractivity contribution in [1.82, 2.24) is 4.90 Å². The first-order chi connectivity index (χ1) is 16.4. The molecule has 0 bridgehead atoms. The second-order valence-electron chi connectivity index (χ2n) is 8.39. The van der Waals surface area contributed by atoms with Crippen LogP contribution in [0.25, 0.3) is 0 Å². The van der Waals surface area contributed by atoms with Crippen molar-refractivity contribution in [2.24, 2.45) is 17.8 Å². The predicted octanol–water partition coefficient (Wildman–Crippen LogP) is 4.43. The van der Waals surface area contributed by atoms with E-state index >= 15 is 0 Å². The van der Waals surface area contributed by atoms with Gasteiger partial charge < -0.3 is 19.8 Å². The number of carbonyl (C=O) groups is 3. The standard InChI is InChI=1S/C27H25NO6/c29-25(22-15-23(26(30)31)24(22)27(32)33)28(16-18-7-3-1-4-8-18)17-19-11-13-21(14-12-19)34-20-9-5-2-6-10-20/h1-14,22-24H,15-17H2,(H,30,31)(H,32,33). The molecule has 4 rings (SSSR count). The van der Waals surface area contributed by atoms with E-state index in [1.807, 2.05) is 84.9 Å². The number of hydrogen-bond donors (Lipinski definition) is 2. The summed E-state index contributed by atoms with van der Waals surface area (Å²) in [7, 11) is 0. The van der Waals surface area contributed by atoms with Crippen molar-refractivity contribution in [1.29, 1.82) is 0 Å². The van der Waals surface area contributed by atoms with Gasteiger partial charge in [0.2, 0.25) is 5.91 Å². The highest BCUT2D eigenvalue weighted by Gasteiger charge is 2.54. The molecule has 1 saturated carbocycles. The number of ether oxygens (including phenoxy) is 1. The fourth-order valence-corrected chi connectivity index (χ4v) is 4.26. The van der Waals surface area contributed by atoms with Crippen LogP contribution in [0, 0.1) is 17.8 Å². The lowest BCUT2D eigenvalue weighted by molar-refractivity contribution is -0.172. The summed E-state index contributed by atoms with van der Waals surface area (Å²) in [5.41, 5.74) is 1.76. The van der Waals surface area contributed by atoms with Gasteiger partial charge in [0.1, 0.15) is 11.5 Å². The van der Waals surface area contributed by atoms with Gasteiger partial charge >= 0.3 is 11.9 Å². The third-order valence-electron chi connectivity index (χ3n) is 6.10. The summed E-state index contributed by atoms with van der Waals surface area (Å²) in [4.78, 5) is 38.0. The predicted molar refractivity (Wildman–Crippen MR) is 124 cm³/mol. The Hall–Kier alpha value is -4.13. The Morgan fingerprint density at radius 2 is 1.24 bits per heavy atom. The number of benzene rings is 3. The maximum atomic E-state index is 13.4. The zero-order valence-corrected chi connectivity index (χ0v) is 18.4. The molecule has 0 spiro atoms. The second kappa shape index (κ2) is 10.2.